The number of carboxylic acid groups (broad SMARTS) is 1. The number of aromatic carboxylic acids is 1. The molecule has 17 heavy (non-hydrogen) atoms. The number of aliphatic hydroxyl groups is 1. The van der Waals surface area contributed by atoms with Crippen LogP contribution in [0.15, 0.2) is 18.2 Å². The first-order valence-corrected chi connectivity index (χ1v) is 5.44. The van der Waals surface area contributed by atoms with Crippen molar-refractivity contribution in [2.75, 3.05) is 24.2 Å². The van der Waals surface area contributed by atoms with E-state index in [1.54, 1.807) is 31.0 Å². The number of nitrogens with zero attached hydrogens (tertiary/aromatic N) is 1. The standard InChI is InChI=1S/C12H18N2O3/c1-8(15)5-6-14(2)11-4-3-9(13)7-10(11)12(16)17/h3-4,7-8,15H,5-6,13H2,1-2H3,(H,16,17). The van der Waals surface area contributed by atoms with Crippen molar-refractivity contribution >= 4 is 17.3 Å². The molecule has 0 heterocycles. The molecule has 4 N–H and O–H groups in total. The normalized spacial score (nSPS) is 12.2. The fourth-order valence-corrected chi connectivity index (χ4v) is 1.56. The highest BCUT2D eigenvalue weighted by molar-refractivity contribution is 5.95. The first kappa shape index (κ1) is 13.3. The van der Waals surface area contributed by atoms with Gasteiger partial charge in [-0.3, -0.25) is 0 Å². The lowest BCUT2D eigenvalue weighted by atomic mass is 10.1. The van der Waals surface area contributed by atoms with Crippen LogP contribution in [0.5, 0.6) is 0 Å². The molecule has 94 valence electrons. The van der Waals surface area contributed by atoms with Crippen LogP contribution >= 0.6 is 0 Å². The third-order valence-corrected chi connectivity index (χ3v) is 2.54. The summed E-state index contributed by atoms with van der Waals surface area (Å²) in [4.78, 5) is 12.9. The number of benzene rings is 1. The second-order valence-electron chi connectivity index (χ2n) is 4.14. The Morgan fingerprint density at radius 1 is 1.53 bits per heavy atom. The third-order valence-electron chi connectivity index (χ3n) is 2.54. The number of rotatable bonds is 5. The van der Waals surface area contributed by atoms with E-state index in [1.807, 2.05) is 0 Å². The van der Waals surface area contributed by atoms with Crippen molar-refractivity contribution in [2.45, 2.75) is 19.4 Å². The van der Waals surface area contributed by atoms with Gasteiger partial charge >= 0.3 is 5.97 Å². The first-order valence-electron chi connectivity index (χ1n) is 5.44. The molecule has 1 rings (SSSR count). The van der Waals surface area contributed by atoms with Crippen LogP contribution in [0, 0.1) is 0 Å². The maximum Gasteiger partial charge on any atom is 0.337 e. The summed E-state index contributed by atoms with van der Waals surface area (Å²) in [6.45, 7) is 2.29. The Morgan fingerprint density at radius 3 is 2.71 bits per heavy atom. The van der Waals surface area contributed by atoms with Gasteiger partial charge in [0.1, 0.15) is 0 Å². The van der Waals surface area contributed by atoms with Crippen LogP contribution in [0.4, 0.5) is 11.4 Å². The van der Waals surface area contributed by atoms with E-state index >= 15 is 0 Å². The molecule has 1 aromatic carbocycles. The molecular weight excluding hydrogens is 220 g/mol. The van der Waals surface area contributed by atoms with E-state index < -0.39 is 12.1 Å². The van der Waals surface area contributed by atoms with Crippen LogP contribution in [-0.2, 0) is 0 Å². The zero-order chi connectivity index (χ0) is 13.0. The number of anilines is 2. The second kappa shape index (κ2) is 5.54. The number of hydrogen-bond acceptors (Lipinski definition) is 4. The van der Waals surface area contributed by atoms with Gasteiger partial charge in [0.05, 0.1) is 17.4 Å². The van der Waals surface area contributed by atoms with Crippen LogP contribution < -0.4 is 10.6 Å². The Labute approximate surface area is 100 Å². The van der Waals surface area contributed by atoms with E-state index in [4.69, 9.17) is 10.8 Å². The molecule has 0 saturated carbocycles. The van der Waals surface area contributed by atoms with Crippen molar-refractivity contribution in [3.8, 4) is 0 Å². The Hall–Kier alpha value is -1.75. The van der Waals surface area contributed by atoms with Crippen molar-refractivity contribution in [3.05, 3.63) is 23.8 Å². The molecule has 0 bridgehead atoms. The van der Waals surface area contributed by atoms with Gasteiger partial charge in [-0.1, -0.05) is 0 Å². The maximum absolute atomic E-state index is 11.1. The Kier molecular flexibility index (Phi) is 4.34. The summed E-state index contributed by atoms with van der Waals surface area (Å²) in [5.74, 6) is -1.00. The molecule has 1 atom stereocenters. The molecule has 0 aromatic heterocycles. The molecule has 1 aromatic rings. The fraction of sp³-hybridized carbons (Fsp3) is 0.417. The summed E-state index contributed by atoms with van der Waals surface area (Å²) in [6.07, 6.45) is 0.180. The van der Waals surface area contributed by atoms with E-state index in [0.29, 0.717) is 24.3 Å². The maximum atomic E-state index is 11.1. The van der Waals surface area contributed by atoms with Gasteiger partial charge in [0.15, 0.2) is 0 Å². The van der Waals surface area contributed by atoms with Gasteiger partial charge in [0.25, 0.3) is 0 Å². The number of nitrogen functional groups attached to an aromatic ring is 1. The highest BCUT2D eigenvalue weighted by atomic mass is 16.4. The SMILES string of the molecule is CC(O)CCN(C)c1ccc(N)cc1C(=O)O. The minimum absolute atomic E-state index is 0.179. The van der Waals surface area contributed by atoms with Gasteiger partial charge in [-0.15, -0.1) is 0 Å². The summed E-state index contributed by atoms with van der Waals surface area (Å²) in [5.41, 5.74) is 6.77. The van der Waals surface area contributed by atoms with E-state index in [1.165, 1.54) is 6.07 Å². The van der Waals surface area contributed by atoms with Gasteiger partial charge < -0.3 is 20.8 Å². The molecule has 0 fully saturated rings. The molecule has 5 nitrogen and oxygen atoms in total. The summed E-state index contributed by atoms with van der Waals surface area (Å²) >= 11 is 0. The molecule has 5 heteroatoms. The van der Waals surface area contributed by atoms with Crippen molar-refractivity contribution < 1.29 is 15.0 Å². The molecule has 0 spiro atoms. The predicted octanol–water partition coefficient (Wildman–Crippen LogP) is 1.17. The molecule has 0 aliphatic carbocycles. The second-order valence-corrected chi connectivity index (χ2v) is 4.14. The van der Waals surface area contributed by atoms with Gasteiger partial charge in [-0.25, -0.2) is 4.79 Å². The van der Waals surface area contributed by atoms with Gasteiger partial charge in [-0.2, -0.15) is 0 Å². The lowest BCUT2D eigenvalue weighted by Gasteiger charge is -2.22. The van der Waals surface area contributed by atoms with Crippen molar-refractivity contribution in [1.29, 1.82) is 0 Å². The van der Waals surface area contributed by atoms with E-state index in [0.717, 1.165) is 0 Å². The van der Waals surface area contributed by atoms with Crippen LogP contribution in [-0.4, -0.2) is 35.9 Å². The topological polar surface area (TPSA) is 86.8 Å². The molecule has 0 amide bonds. The highest BCUT2D eigenvalue weighted by Gasteiger charge is 2.14. The summed E-state index contributed by atoms with van der Waals surface area (Å²) in [7, 11) is 1.79. The molecule has 0 aliphatic heterocycles. The van der Waals surface area contributed by atoms with Crippen molar-refractivity contribution in [2.24, 2.45) is 0 Å². The van der Waals surface area contributed by atoms with Crippen LogP contribution in [0.1, 0.15) is 23.7 Å². The Balaban J connectivity index is 2.92. The zero-order valence-corrected chi connectivity index (χ0v) is 10.1. The Morgan fingerprint density at radius 2 is 2.18 bits per heavy atom. The third kappa shape index (κ3) is 3.64. The zero-order valence-electron chi connectivity index (χ0n) is 10.1. The largest absolute Gasteiger partial charge is 0.478 e. The lowest BCUT2D eigenvalue weighted by molar-refractivity contribution is 0.0697. The fourth-order valence-electron chi connectivity index (χ4n) is 1.56. The van der Waals surface area contributed by atoms with Gasteiger partial charge in [0, 0.05) is 19.3 Å². The van der Waals surface area contributed by atoms with E-state index in [2.05, 4.69) is 0 Å². The highest BCUT2D eigenvalue weighted by Crippen LogP contribution is 2.22. The van der Waals surface area contributed by atoms with Crippen LogP contribution in [0.25, 0.3) is 0 Å². The van der Waals surface area contributed by atoms with Crippen molar-refractivity contribution in [1.82, 2.24) is 0 Å². The number of carbonyl (C=O) groups is 1. The average molecular weight is 238 g/mol. The molecule has 1 unspecified atom stereocenters. The molecular formula is C12H18N2O3. The van der Waals surface area contributed by atoms with Gasteiger partial charge in [0.2, 0.25) is 0 Å². The summed E-state index contributed by atoms with van der Waals surface area (Å²) in [6, 6.07) is 4.79. The first-order chi connectivity index (χ1) is 7.91. The minimum Gasteiger partial charge on any atom is -0.478 e. The van der Waals surface area contributed by atoms with E-state index in [9.17, 15) is 9.90 Å². The summed E-state index contributed by atoms with van der Waals surface area (Å²) in [5, 5.41) is 18.3. The van der Waals surface area contributed by atoms with Crippen molar-refractivity contribution in [3.63, 3.8) is 0 Å². The lowest BCUT2D eigenvalue weighted by Crippen LogP contribution is -2.23. The van der Waals surface area contributed by atoms with E-state index in [-0.39, 0.29) is 5.56 Å². The predicted molar refractivity (Wildman–Crippen MR) is 67.4 cm³/mol. The molecule has 0 aliphatic rings. The monoisotopic (exact) mass is 238 g/mol. The Bertz CT molecular complexity index is 405. The molecule has 0 saturated heterocycles. The van der Waals surface area contributed by atoms with Gasteiger partial charge in [-0.05, 0) is 31.5 Å². The minimum atomic E-state index is -1.00. The summed E-state index contributed by atoms with van der Waals surface area (Å²) < 4.78 is 0. The number of nitrogens with two attached hydrogens (primary N) is 1. The average Bonchev–Trinajstić information content (AvgIpc) is 2.25. The van der Waals surface area contributed by atoms with Crippen LogP contribution in [0.2, 0.25) is 0 Å². The van der Waals surface area contributed by atoms with Crippen LogP contribution in [0.3, 0.4) is 0 Å². The smallest absolute Gasteiger partial charge is 0.337 e. The molecule has 0 radical (unpaired) electrons. The number of carboxylic acids is 1. The quantitative estimate of drug-likeness (QED) is 0.670. The number of aliphatic hydroxyl groups excluding tert-OH is 1. The number of hydrogen-bond donors (Lipinski definition) is 3.